The summed E-state index contributed by atoms with van der Waals surface area (Å²) in [5.41, 5.74) is -2.61. The van der Waals surface area contributed by atoms with E-state index < -0.39 is 45.1 Å². The molecular formula is C17H27ClN2O5S. The number of nitrogens with zero attached hydrogens (tertiary/aromatic N) is 2. The number of alkyl halides is 1. The molecule has 2 aliphatic heterocycles. The van der Waals surface area contributed by atoms with E-state index in [4.69, 9.17) is 21.1 Å². The fourth-order valence-electron chi connectivity index (χ4n) is 2.87. The largest absolute Gasteiger partial charge is 0.458 e. The highest BCUT2D eigenvalue weighted by Crippen LogP contribution is 2.52. The van der Waals surface area contributed by atoms with Crippen LogP contribution in [0.5, 0.6) is 0 Å². The van der Waals surface area contributed by atoms with Crippen molar-refractivity contribution in [1.29, 1.82) is 0 Å². The second-order valence-corrected chi connectivity index (χ2v) is 11.0. The third-order valence-corrected chi connectivity index (χ3v) is 5.64. The van der Waals surface area contributed by atoms with Crippen molar-refractivity contribution in [3.05, 3.63) is 0 Å². The number of carbonyl (C=O) groups is 3. The van der Waals surface area contributed by atoms with Crippen molar-refractivity contribution in [1.82, 2.24) is 9.80 Å². The lowest BCUT2D eigenvalue weighted by molar-refractivity contribution is -0.169. The third-order valence-electron chi connectivity index (χ3n) is 3.75. The maximum Gasteiger partial charge on any atom is 0.412 e. The predicted octanol–water partition coefficient (Wildman–Crippen LogP) is 3.15. The van der Waals surface area contributed by atoms with Crippen molar-refractivity contribution in [2.75, 3.05) is 0 Å². The zero-order valence-electron chi connectivity index (χ0n) is 16.5. The van der Waals surface area contributed by atoms with Crippen LogP contribution in [0.15, 0.2) is 0 Å². The SMILES string of the molecule is CC(C)(C)OC(=O)C(Cl)N1C(=O)C2C1SC(C)(C)N2C(=O)OC(C)(C)C. The standard InChI is InChI=1S/C17H27ClN2O5S/c1-15(2,3)24-13(22)10(18)19-11(21)9-12(19)26-17(7,8)20(9)14(23)25-16(4,5)6/h9-10,12H,1-8H3. The summed E-state index contributed by atoms with van der Waals surface area (Å²) in [6.07, 6.45) is -0.557. The molecule has 0 saturated carbocycles. The molecule has 2 rings (SSSR count). The van der Waals surface area contributed by atoms with E-state index >= 15 is 0 Å². The summed E-state index contributed by atoms with van der Waals surface area (Å²) in [5.74, 6) is -1.06. The predicted molar refractivity (Wildman–Crippen MR) is 99.7 cm³/mol. The molecule has 9 heteroatoms. The average Bonchev–Trinajstić information content (AvgIpc) is 2.63. The van der Waals surface area contributed by atoms with Gasteiger partial charge in [-0.2, -0.15) is 0 Å². The number of rotatable bonds is 2. The van der Waals surface area contributed by atoms with E-state index in [1.54, 1.807) is 41.5 Å². The number of hydrogen-bond donors (Lipinski definition) is 0. The molecule has 2 saturated heterocycles. The molecule has 7 nitrogen and oxygen atoms in total. The highest BCUT2D eigenvalue weighted by Gasteiger charge is 2.66. The van der Waals surface area contributed by atoms with Crippen LogP contribution in [0, 0.1) is 0 Å². The second kappa shape index (κ2) is 6.48. The first-order valence-electron chi connectivity index (χ1n) is 8.44. The van der Waals surface area contributed by atoms with Gasteiger partial charge in [-0.1, -0.05) is 11.6 Å². The fourth-order valence-corrected chi connectivity index (χ4v) is 4.79. The minimum atomic E-state index is -1.23. The van der Waals surface area contributed by atoms with Crippen molar-refractivity contribution >= 4 is 41.3 Å². The zero-order chi connectivity index (χ0) is 20.2. The Hall–Kier alpha value is -1.15. The third kappa shape index (κ3) is 4.06. The van der Waals surface area contributed by atoms with Crippen LogP contribution in [0.25, 0.3) is 0 Å². The van der Waals surface area contributed by atoms with Crippen LogP contribution in [-0.4, -0.2) is 60.8 Å². The lowest BCUT2D eigenvalue weighted by Gasteiger charge is -2.46. The molecule has 0 N–H and O–H groups in total. The van der Waals surface area contributed by atoms with E-state index in [1.165, 1.54) is 21.6 Å². The number of thioether (sulfide) groups is 1. The van der Waals surface area contributed by atoms with Crippen molar-refractivity contribution in [2.24, 2.45) is 0 Å². The van der Waals surface area contributed by atoms with Crippen LogP contribution in [0.4, 0.5) is 4.79 Å². The first kappa shape index (κ1) is 21.2. The van der Waals surface area contributed by atoms with Crippen molar-refractivity contribution in [3.8, 4) is 0 Å². The van der Waals surface area contributed by atoms with Crippen LogP contribution in [0.2, 0.25) is 0 Å². The lowest BCUT2D eigenvalue weighted by Crippen LogP contribution is -2.70. The van der Waals surface area contributed by atoms with Gasteiger partial charge >= 0.3 is 12.1 Å². The lowest BCUT2D eigenvalue weighted by atomic mass is 10.0. The quantitative estimate of drug-likeness (QED) is 0.303. The van der Waals surface area contributed by atoms with E-state index in [2.05, 4.69) is 0 Å². The van der Waals surface area contributed by atoms with Gasteiger partial charge in [0.25, 0.3) is 5.91 Å². The molecule has 0 aliphatic carbocycles. The Morgan fingerprint density at radius 2 is 1.62 bits per heavy atom. The second-order valence-electron chi connectivity index (χ2n) is 8.87. The molecule has 0 spiro atoms. The van der Waals surface area contributed by atoms with Crippen LogP contribution >= 0.6 is 23.4 Å². The van der Waals surface area contributed by atoms with Gasteiger partial charge in [-0.05, 0) is 55.4 Å². The van der Waals surface area contributed by atoms with Crippen LogP contribution in [0.3, 0.4) is 0 Å². The van der Waals surface area contributed by atoms with E-state index in [1.807, 2.05) is 13.8 Å². The number of β-lactam (4-membered cyclic amide) rings is 1. The average molecular weight is 407 g/mol. The van der Waals surface area contributed by atoms with E-state index in [0.717, 1.165) is 0 Å². The van der Waals surface area contributed by atoms with Gasteiger partial charge in [0.15, 0.2) is 0 Å². The van der Waals surface area contributed by atoms with Gasteiger partial charge in [-0.25, -0.2) is 9.59 Å². The molecule has 0 bridgehead atoms. The monoisotopic (exact) mass is 406 g/mol. The van der Waals surface area contributed by atoms with Gasteiger partial charge in [0.05, 0.1) is 4.87 Å². The van der Waals surface area contributed by atoms with E-state index in [9.17, 15) is 14.4 Å². The molecule has 3 atom stereocenters. The Balaban J connectivity index is 2.17. The number of esters is 1. The van der Waals surface area contributed by atoms with Crippen LogP contribution < -0.4 is 0 Å². The maximum atomic E-state index is 12.7. The molecule has 2 heterocycles. The highest BCUT2D eigenvalue weighted by molar-refractivity contribution is 8.01. The van der Waals surface area contributed by atoms with Crippen molar-refractivity contribution < 1.29 is 23.9 Å². The Bertz CT molecular complexity index is 626. The molecule has 26 heavy (non-hydrogen) atoms. The number of fused-ring (bicyclic) bond motifs is 1. The number of ether oxygens (including phenoxy) is 2. The molecule has 2 fully saturated rings. The van der Waals surface area contributed by atoms with Crippen LogP contribution in [-0.2, 0) is 19.1 Å². The molecular weight excluding hydrogens is 380 g/mol. The molecule has 2 aliphatic rings. The molecule has 148 valence electrons. The molecule has 2 amide bonds. The van der Waals surface area contributed by atoms with Gasteiger partial charge in [0.2, 0.25) is 5.50 Å². The first-order chi connectivity index (χ1) is 11.6. The summed E-state index contributed by atoms with van der Waals surface area (Å²) in [4.78, 5) is 39.6. The van der Waals surface area contributed by atoms with E-state index in [0.29, 0.717) is 0 Å². The minimum Gasteiger partial charge on any atom is -0.458 e. The fraction of sp³-hybridized carbons (Fsp3) is 0.824. The molecule has 0 aromatic heterocycles. The van der Waals surface area contributed by atoms with Crippen molar-refractivity contribution in [2.45, 2.75) is 88.4 Å². The summed E-state index contributed by atoms with van der Waals surface area (Å²) in [5, 5.41) is -0.417. The van der Waals surface area contributed by atoms with Gasteiger partial charge in [-0.15, -0.1) is 11.8 Å². The smallest absolute Gasteiger partial charge is 0.412 e. The molecule has 3 unspecified atom stereocenters. The summed E-state index contributed by atoms with van der Waals surface area (Å²) in [6, 6.07) is -0.700. The van der Waals surface area contributed by atoms with Crippen LogP contribution in [0.1, 0.15) is 55.4 Å². The number of carbonyl (C=O) groups excluding carboxylic acids is 3. The van der Waals surface area contributed by atoms with Gasteiger partial charge in [0.1, 0.15) is 22.6 Å². The Morgan fingerprint density at radius 3 is 2.08 bits per heavy atom. The van der Waals surface area contributed by atoms with Gasteiger partial charge in [-0.3, -0.25) is 14.6 Å². The molecule has 0 radical (unpaired) electrons. The van der Waals surface area contributed by atoms with E-state index in [-0.39, 0.29) is 5.91 Å². The van der Waals surface area contributed by atoms with Crippen molar-refractivity contribution in [3.63, 3.8) is 0 Å². The topological polar surface area (TPSA) is 76.2 Å². The molecule has 0 aromatic carbocycles. The summed E-state index contributed by atoms with van der Waals surface area (Å²) >= 11 is 7.60. The zero-order valence-corrected chi connectivity index (χ0v) is 18.0. The molecule has 0 aromatic rings. The summed E-state index contributed by atoms with van der Waals surface area (Å²) < 4.78 is 10.7. The Labute approximate surface area is 163 Å². The summed E-state index contributed by atoms with van der Waals surface area (Å²) in [6.45, 7) is 14.2. The number of hydrogen-bond acceptors (Lipinski definition) is 6. The Morgan fingerprint density at radius 1 is 1.12 bits per heavy atom. The van der Waals surface area contributed by atoms with Gasteiger partial charge < -0.3 is 9.47 Å². The Kier molecular flexibility index (Phi) is 5.27. The maximum absolute atomic E-state index is 12.7. The normalized spacial score (nSPS) is 26.1. The highest BCUT2D eigenvalue weighted by atomic mass is 35.5. The number of halogens is 1. The number of amides is 2. The number of likely N-dealkylation sites (tertiary alicyclic amines) is 1. The first-order valence-corrected chi connectivity index (χ1v) is 9.76. The minimum absolute atomic E-state index is 0.384. The van der Waals surface area contributed by atoms with Gasteiger partial charge in [0, 0.05) is 0 Å². The summed E-state index contributed by atoms with van der Waals surface area (Å²) in [7, 11) is 0.